The lowest BCUT2D eigenvalue weighted by molar-refractivity contribution is -0.139. The highest BCUT2D eigenvalue weighted by atomic mass is 32.1. The quantitative estimate of drug-likeness (QED) is 0.249. The molecule has 2 aromatic heterocycles. The van der Waals surface area contributed by atoms with Crippen LogP contribution in [0.2, 0.25) is 0 Å². The van der Waals surface area contributed by atoms with Crippen LogP contribution in [-0.4, -0.2) is 43.8 Å². The van der Waals surface area contributed by atoms with Crippen molar-refractivity contribution < 1.29 is 19.8 Å². The van der Waals surface area contributed by atoms with Crippen LogP contribution in [0.15, 0.2) is 35.7 Å². The minimum Gasteiger partial charge on any atom is -0.481 e. The molecular formula is C32H43N3O4S. The molecular weight excluding hydrogens is 522 g/mol. The summed E-state index contributed by atoms with van der Waals surface area (Å²) in [5, 5.41) is 25.1. The lowest BCUT2D eigenvalue weighted by Crippen LogP contribution is -2.45. The first-order valence-electron chi connectivity index (χ1n) is 15.1. The first kappa shape index (κ1) is 28.8. The van der Waals surface area contributed by atoms with E-state index in [1.54, 1.807) is 11.3 Å². The van der Waals surface area contributed by atoms with Crippen molar-refractivity contribution >= 4 is 34.2 Å². The van der Waals surface area contributed by atoms with Gasteiger partial charge in [-0.1, -0.05) is 64.4 Å². The fourth-order valence-electron chi connectivity index (χ4n) is 6.79. The number of rotatable bonds is 11. The zero-order valence-corrected chi connectivity index (χ0v) is 24.4. The third kappa shape index (κ3) is 7.13. The van der Waals surface area contributed by atoms with Crippen molar-refractivity contribution in [2.24, 2.45) is 17.8 Å². The molecule has 0 saturated heterocycles. The minimum atomic E-state index is -1.12. The van der Waals surface area contributed by atoms with Gasteiger partial charge in [-0.2, -0.15) is 0 Å². The maximum atomic E-state index is 13.4. The lowest BCUT2D eigenvalue weighted by Gasteiger charge is -2.30. The zero-order chi connectivity index (χ0) is 28.1. The van der Waals surface area contributed by atoms with E-state index in [2.05, 4.69) is 34.3 Å². The first-order chi connectivity index (χ1) is 19.4. The average molecular weight is 566 g/mol. The molecule has 1 unspecified atom stereocenters. The van der Waals surface area contributed by atoms with E-state index in [1.807, 2.05) is 18.2 Å². The van der Waals surface area contributed by atoms with Crippen LogP contribution in [0.25, 0.3) is 11.0 Å². The van der Waals surface area contributed by atoms with Gasteiger partial charge in [-0.15, -0.1) is 11.3 Å². The molecule has 7 nitrogen and oxygen atoms in total. The molecule has 3 N–H and O–H groups in total. The molecule has 2 aliphatic rings. The Bertz CT molecular complexity index is 1280. The van der Waals surface area contributed by atoms with Gasteiger partial charge in [0.15, 0.2) is 0 Å². The van der Waals surface area contributed by atoms with Crippen LogP contribution in [0.4, 0.5) is 0 Å². The summed E-state index contributed by atoms with van der Waals surface area (Å²) in [5.41, 5.74) is 2.34. The molecule has 8 heteroatoms. The van der Waals surface area contributed by atoms with Crippen molar-refractivity contribution in [3.05, 3.63) is 52.0 Å². The molecule has 2 aliphatic carbocycles. The van der Waals surface area contributed by atoms with E-state index in [0.717, 1.165) is 55.5 Å². The zero-order valence-electron chi connectivity index (χ0n) is 23.6. The third-order valence-corrected chi connectivity index (χ3v) is 10.1. The van der Waals surface area contributed by atoms with Gasteiger partial charge < -0.3 is 20.1 Å². The van der Waals surface area contributed by atoms with E-state index in [1.165, 1.54) is 37.0 Å². The highest BCUT2D eigenvalue weighted by Gasteiger charge is 2.29. The number of aliphatic hydroxyl groups excluding tert-OH is 1. The van der Waals surface area contributed by atoms with Gasteiger partial charge in [0.25, 0.3) is 5.91 Å². The van der Waals surface area contributed by atoms with Gasteiger partial charge in [0.1, 0.15) is 5.82 Å². The normalized spacial score (nSPS) is 21.8. The molecule has 0 bridgehead atoms. The highest BCUT2D eigenvalue weighted by Crippen LogP contribution is 2.33. The second-order valence-corrected chi connectivity index (χ2v) is 13.1. The summed E-state index contributed by atoms with van der Waals surface area (Å²) in [6, 6.07) is 9.32. The molecule has 1 aromatic carbocycles. The topological polar surface area (TPSA) is 104 Å². The summed E-state index contributed by atoms with van der Waals surface area (Å²) in [6.07, 6.45) is 10.6. The smallest absolute Gasteiger partial charge is 0.306 e. The van der Waals surface area contributed by atoms with Crippen molar-refractivity contribution in [3.63, 3.8) is 0 Å². The molecule has 2 fully saturated rings. The van der Waals surface area contributed by atoms with Crippen LogP contribution in [0, 0.1) is 17.8 Å². The number of carbonyl (C=O) groups is 2. The van der Waals surface area contributed by atoms with Gasteiger partial charge in [-0.05, 0) is 60.2 Å². The first-order valence-corrected chi connectivity index (χ1v) is 16.0. The summed E-state index contributed by atoms with van der Waals surface area (Å²) in [7, 11) is 0. The minimum absolute atomic E-state index is 0.289. The molecule has 216 valence electrons. The number of thiophene rings is 1. The summed E-state index contributed by atoms with van der Waals surface area (Å²) in [6.45, 7) is 3.31. The van der Waals surface area contributed by atoms with Crippen molar-refractivity contribution in [1.29, 1.82) is 0 Å². The van der Waals surface area contributed by atoms with Crippen LogP contribution in [0.5, 0.6) is 0 Å². The van der Waals surface area contributed by atoms with E-state index < -0.39 is 18.1 Å². The summed E-state index contributed by atoms with van der Waals surface area (Å²) >= 11 is 1.74. The fraction of sp³-hybridized carbons (Fsp3) is 0.594. The Kier molecular flexibility index (Phi) is 9.58. The second kappa shape index (κ2) is 13.3. The molecule has 5 rings (SSSR count). The number of carboxylic acid groups (broad SMARTS) is 1. The summed E-state index contributed by atoms with van der Waals surface area (Å²) in [4.78, 5) is 31.1. The Balaban J connectivity index is 1.39. The number of hydrogen-bond acceptors (Lipinski definition) is 5. The number of amides is 1. The van der Waals surface area contributed by atoms with E-state index in [0.29, 0.717) is 29.7 Å². The van der Waals surface area contributed by atoms with Crippen LogP contribution in [-0.2, 0) is 17.8 Å². The Morgan fingerprint density at radius 2 is 1.88 bits per heavy atom. The molecule has 2 saturated carbocycles. The summed E-state index contributed by atoms with van der Waals surface area (Å²) < 4.78 is 2.37. The van der Waals surface area contributed by atoms with Gasteiger partial charge in [0.05, 0.1) is 29.6 Å². The second-order valence-electron chi connectivity index (χ2n) is 12.1. The summed E-state index contributed by atoms with van der Waals surface area (Å²) in [5.74, 6) is 1.37. The highest BCUT2D eigenvalue weighted by molar-refractivity contribution is 7.09. The Morgan fingerprint density at radius 3 is 2.60 bits per heavy atom. The van der Waals surface area contributed by atoms with Gasteiger partial charge in [0, 0.05) is 23.4 Å². The maximum absolute atomic E-state index is 13.4. The molecule has 0 spiro atoms. The van der Waals surface area contributed by atoms with Crippen molar-refractivity contribution in [3.8, 4) is 0 Å². The third-order valence-electron chi connectivity index (χ3n) is 9.18. The van der Waals surface area contributed by atoms with Crippen molar-refractivity contribution in [1.82, 2.24) is 14.9 Å². The van der Waals surface area contributed by atoms with E-state index in [4.69, 9.17) is 4.98 Å². The van der Waals surface area contributed by atoms with E-state index in [9.17, 15) is 19.8 Å². The van der Waals surface area contributed by atoms with Crippen LogP contribution >= 0.6 is 11.3 Å². The van der Waals surface area contributed by atoms with Crippen LogP contribution < -0.4 is 5.32 Å². The number of nitrogens with zero attached hydrogens (tertiary/aromatic N) is 2. The number of hydrogen-bond donors (Lipinski definition) is 3. The maximum Gasteiger partial charge on any atom is 0.306 e. The number of aromatic nitrogens is 2. The molecule has 1 amide bonds. The molecule has 0 radical (unpaired) electrons. The number of carboxylic acids is 1. The van der Waals surface area contributed by atoms with Crippen LogP contribution in [0.3, 0.4) is 0 Å². The molecule has 2 heterocycles. The Labute approximate surface area is 241 Å². The van der Waals surface area contributed by atoms with Gasteiger partial charge in [-0.3, -0.25) is 9.59 Å². The lowest BCUT2D eigenvalue weighted by atomic mass is 9.80. The molecule has 4 atom stereocenters. The van der Waals surface area contributed by atoms with Crippen molar-refractivity contribution in [2.75, 3.05) is 0 Å². The number of carbonyl (C=O) groups excluding carboxylic acids is 1. The fourth-order valence-corrected chi connectivity index (χ4v) is 7.50. The molecule has 0 aliphatic heterocycles. The Morgan fingerprint density at radius 1 is 1.10 bits per heavy atom. The SMILES string of the molecule is C[C@@H]1CCCC[C@H]1Cn1c(Cc2cccs2)nc2cc(C(=O)NC(CC3CCCCC3)[C@H](O)CC(=O)O)ccc21. The number of nitrogens with one attached hydrogen (secondary N) is 1. The number of aliphatic carboxylic acids is 1. The average Bonchev–Trinajstić information content (AvgIpc) is 3.57. The predicted molar refractivity (Wildman–Crippen MR) is 159 cm³/mol. The van der Waals surface area contributed by atoms with Gasteiger partial charge in [-0.25, -0.2) is 4.98 Å². The predicted octanol–water partition coefficient (Wildman–Crippen LogP) is 6.42. The Hall–Kier alpha value is -2.71. The van der Waals surface area contributed by atoms with E-state index in [-0.39, 0.29) is 12.3 Å². The standard InChI is InChI=1S/C32H43N3O4S/c1-21-8-5-6-11-24(21)20-35-28-14-13-23(17-26(28)33-30(35)18-25-12-7-15-40-25)32(39)34-27(29(36)19-31(37)38)16-22-9-3-2-4-10-22/h7,12-15,17,21-22,24,27,29,36H,2-6,8-11,16,18-20H2,1H3,(H,34,39)(H,37,38)/t21-,24+,27?,29-/m1/s1. The van der Waals surface area contributed by atoms with E-state index >= 15 is 0 Å². The number of benzene rings is 1. The molecule has 3 aromatic rings. The largest absolute Gasteiger partial charge is 0.481 e. The monoisotopic (exact) mass is 565 g/mol. The molecule has 40 heavy (non-hydrogen) atoms. The number of imidazole rings is 1. The van der Waals surface area contributed by atoms with Gasteiger partial charge in [0.2, 0.25) is 0 Å². The number of aliphatic hydroxyl groups is 1. The number of fused-ring (bicyclic) bond motifs is 1. The van der Waals surface area contributed by atoms with Gasteiger partial charge >= 0.3 is 5.97 Å². The van der Waals surface area contributed by atoms with Crippen LogP contribution in [0.1, 0.15) is 98.6 Å². The van der Waals surface area contributed by atoms with Crippen molar-refractivity contribution in [2.45, 2.75) is 103 Å².